The Hall–Kier alpha value is -2.35. The van der Waals surface area contributed by atoms with Gasteiger partial charge in [-0.2, -0.15) is 0 Å². The number of imide groups is 1. The largest absolute Gasteiger partial charge is 0.325 e. The van der Waals surface area contributed by atoms with Gasteiger partial charge in [0, 0.05) is 21.8 Å². The summed E-state index contributed by atoms with van der Waals surface area (Å²) < 4.78 is 0. The monoisotopic (exact) mass is 426 g/mol. The molecule has 2 N–H and O–H groups in total. The molecule has 0 unspecified atom stereocenters. The van der Waals surface area contributed by atoms with Crippen molar-refractivity contribution in [1.29, 1.82) is 0 Å². The van der Waals surface area contributed by atoms with Crippen LogP contribution in [0, 0.1) is 0 Å². The van der Waals surface area contributed by atoms with Crippen LogP contribution in [-0.4, -0.2) is 34.3 Å². The van der Waals surface area contributed by atoms with Crippen LogP contribution in [0.25, 0.3) is 0 Å². The Bertz CT molecular complexity index is 953. The van der Waals surface area contributed by atoms with Crippen LogP contribution in [0.4, 0.5) is 10.5 Å². The third-order valence-corrected chi connectivity index (χ3v) is 4.93. The Labute approximate surface area is 169 Å². The molecule has 0 spiro atoms. The lowest BCUT2D eigenvalue weighted by atomic mass is 9.92. The van der Waals surface area contributed by atoms with Gasteiger partial charge in [-0.1, -0.05) is 40.9 Å². The van der Waals surface area contributed by atoms with Gasteiger partial charge >= 0.3 is 6.03 Å². The van der Waals surface area contributed by atoms with E-state index >= 15 is 0 Å². The van der Waals surface area contributed by atoms with E-state index in [0.717, 1.165) is 4.90 Å². The Morgan fingerprint density at radius 2 is 2.00 bits per heavy atom. The first kappa shape index (κ1) is 19.4. The first-order chi connectivity index (χ1) is 12.7. The Kier molecular flexibility index (Phi) is 5.28. The predicted molar refractivity (Wildman–Crippen MR) is 102 cm³/mol. The second kappa shape index (κ2) is 7.34. The van der Waals surface area contributed by atoms with Crippen LogP contribution in [0.15, 0.2) is 36.5 Å². The minimum atomic E-state index is -1.41. The van der Waals surface area contributed by atoms with Crippen LogP contribution in [0.5, 0.6) is 0 Å². The van der Waals surface area contributed by atoms with Crippen molar-refractivity contribution in [3.05, 3.63) is 57.3 Å². The summed E-state index contributed by atoms with van der Waals surface area (Å²) in [7, 11) is 0. The maximum atomic E-state index is 12.9. The summed E-state index contributed by atoms with van der Waals surface area (Å²) in [5.74, 6) is -1.20. The van der Waals surface area contributed by atoms with Gasteiger partial charge in [0.15, 0.2) is 5.15 Å². The maximum Gasteiger partial charge on any atom is 0.325 e. The lowest BCUT2D eigenvalue weighted by molar-refractivity contribution is -0.133. The topological polar surface area (TPSA) is 91.4 Å². The minimum Gasteiger partial charge on any atom is -0.322 e. The van der Waals surface area contributed by atoms with Crippen molar-refractivity contribution in [1.82, 2.24) is 15.2 Å². The van der Waals surface area contributed by atoms with E-state index in [1.165, 1.54) is 19.2 Å². The van der Waals surface area contributed by atoms with Crippen LogP contribution in [0.2, 0.25) is 15.2 Å². The molecule has 10 heteroatoms. The molecule has 4 amide bonds. The fraction of sp³-hybridized carbons (Fsp3) is 0.176. The number of pyridine rings is 1. The number of rotatable bonds is 4. The molecule has 1 aliphatic rings. The molecule has 1 fully saturated rings. The Morgan fingerprint density at radius 1 is 1.26 bits per heavy atom. The summed E-state index contributed by atoms with van der Waals surface area (Å²) in [5.41, 5.74) is -0.754. The Balaban J connectivity index is 1.80. The van der Waals surface area contributed by atoms with Gasteiger partial charge in [-0.3, -0.25) is 14.5 Å². The van der Waals surface area contributed by atoms with Crippen LogP contribution in [0.1, 0.15) is 12.5 Å². The van der Waals surface area contributed by atoms with Crippen LogP contribution >= 0.6 is 34.8 Å². The molecule has 1 atom stereocenters. The first-order valence-electron chi connectivity index (χ1n) is 7.72. The van der Waals surface area contributed by atoms with Gasteiger partial charge in [0.05, 0.1) is 5.69 Å². The maximum absolute atomic E-state index is 12.9. The molecule has 1 aromatic heterocycles. The van der Waals surface area contributed by atoms with E-state index in [2.05, 4.69) is 15.6 Å². The zero-order valence-corrected chi connectivity index (χ0v) is 16.2. The van der Waals surface area contributed by atoms with Gasteiger partial charge in [0.2, 0.25) is 5.91 Å². The molecule has 27 heavy (non-hydrogen) atoms. The van der Waals surface area contributed by atoms with E-state index in [1.807, 2.05) is 0 Å². The quantitative estimate of drug-likeness (QED) is 0.577. The number of amides is 4. The number of carbonyl (C=O) groups excluding carboxylic acids is 3. The molecule has 0 aliphatic carbocycles. The molecule has 2 heterocycles. The normalized spacial score (nSPS) is 19.2. The highest BCUT2D eigenvalue weighted by atomic mass is 35.5. The zero-order valence-electron chi connectivity index (χ0n) is 13.9. The number of anilines is 1. The molecule has 140 valence electrons. The number of hydrogen-bond donors (Lipinski definition) is 2. The summed E-state index contributed by atoms with van der Waals surface area (Å²) in [6.07, 6.45) is 1.47. The Morgan fingerprint density at radius 3 is 2.67 bits per heavy atom. The standard InChI is InChI=1S/C17H13Cl3N4O3/c1-17(10-5-4-9(18)7-11(10)19)15(26)24(16(27)23-17)8-13(25)22-12-3-2-6-21-14(12)20/h2-7H,8H2,1H3,(H,22,25)(H,23,27)/t17-/m1/s1. The smallest absolute Gasteiger partial charge is 0.322 e. The fourth-order valence-corrected chi connectivity index (χ4v) is 3.49. The molecule has 1 aliphatic heterocycles. The molecular formula is C17H13Cl3N4O3. The van der Waals surface area contributed by atoms with Crippen LogP contribution in [0.3, 0.4) is 0 Å². The summed E-state index contributed by atoms with van der Waals surface area (Å²) in [6, 6.07) is 7.03. The van der Waals surface area contributed by atoms with E-state index < -0.39 is 29.9 Å². The third kappa shape index (κ3) is 3.71. The van der Waals surface area contributed by atoms with Crippen molar-refractivity contribution >= 4 is 58.3 Å². The van der Waals surface area contributed by atoms with Crippen LogP contribution in [-0.2, 0) is 15.1 Å². The molecule has 0 saturated carbocycles. The van der Waals surface area contributed by atoms with Crippen molar-refractivity contribution in [3.8, 4) is 0 Å². The molecule has 1 saturated heterocycles. The van der Waals surface area contributed by atoms with E-state index in [1.54, 1.807) is 24.3 Å². The highest BCUT2D eigenvalue weighted by Crippen LogP contribution is 2.34. The number of urea groups is 1. The molecule has 3 rings (SSSR count). The number of nitrogens with one attached hydrogen (secondary N) is 2. The average Bonchev–Trinajstić information content (AvgIpc) is 2.81. The molecule has 0 radical (unpaired) electrons. The van der Waals surface area contributed by atoms with Gasteiger partial charge in [-0.15, -0.1) is 0 Å². The summed E-state index contributed by atoms with van der Waals surface area (Å²) in [4.78, 5) is 42.1. The summed E-state index contributed by atoms with van der Waals surface area (Å²) in [5, 5.41) is 5.82. The third-order valence-electron chi connectivity index (χ3n) is 4.08. The second-order valence-corrected chi connectivity index (χ2v) is 7.16. The highest BCUT2D eigenvalue weighted by molar-refractivity contribution is 6.35. The fourth-order valence-electron chi connectivity index (χ4n) is 2.73. The summed E-state index contributed by atoms with van der Waals surface area (Å²) in [6.45, 7) is 1.02. The van der Waals surface area contributed by atoms with E-state index in [-0.39, 0.29) is 15.9 Å². The van der Waals surface area contributed by atoms with Gasteiger partial charge in [-0.05, 0) is 31.2 Å². The number of carbonyl (C=O) groups is 3. The van der Waals surface area contributed by atoms with Crippen LogP contribution < -0.4 is 10.6 Å². The van der Waals surface area contributed by atoms with Gasteiger partial charge in [0.1, 0.15) is 12.1 Å². The number of halogens is 3. The van der Waals surface area contributed by atoms with E-state index in [0.29, 0.717) is 10.6 Å². The molecule has 2 aromatic rings. The second-order valence-electron chi connectivity index (χ2n) is 5.96. The minimum absolute atomic E-state index is 0.0980. The molecule has 1 aromatic carbocycles. The molecule has 7 nitrogen and oxygen atoms in total. The van der Waals surface area contributed by atoms with Gasteiger partial charge in [0.25, 0.3) is 5.91 Å². The lowest BCUT2D eigenvalue weighted by Crippen LogP contribution is -2.42. The average molecular weight is 428 g/mol. The van der Waals surface area contributed by atoms with E-state index in [9.17, 15) is 14.4 Å². The van der Waals surface area contributed by atoms with Crippen molar-refractivity contribution in [2.24, 2.45) is 0 Å². The zero-order chi connectivity index (χ0) is 19.8. The number of hydrogen-bond acceptors (Lipinski definition) is 4. The van der Waals surface area contributed by atoms with E-state index in [4.69, 9.17) is 34.8 Å². The molecule has 0 bridgehead atoms. The number of aromatic nitrogens is 1. The van der Waals surface area contributed by atoms with Crippen molar-refractivity contribution in [2.45, 2.75) is 12.5 Å². The number of benzene rings is 1. The first-order valence-corrected chi connectivity index (χ1v) is 8.86. The predicted octanol–water partition coefficient (Wildman–Crippen LogP) is 3.45. The van der Waals surface area contributed by atoms with Crippen molar-refractivity contribution < 1.29 is 14.4 Å². The molecular weight excluding hydrogens is 415 g/mol. The highest BCUT2D eigenvalue weighted by Gasteiger charge is 2.50. The summed E-state index contributed by atoms with van der Waals surface area (Å²) >= 11 is 18.0. The van der Waals surface area contributed by atoms with Gasteiger partial charge in [-0.25, -0.2) is 9.78 Å². The van der Waals surface area contributed by atoms with Crippen molar-refractivity contribution in [2.75, 3.05) is 11.9 Å². The van der Waals surface area contributed by atoms with Crippen molar-refractivity contribution in [3.63, 3.8) is 0 Å². The SMILES string of the molecule is C[C@]1(c2ccc(Cl)cc2Cl)NC(=O)N(CC(=O)Nc2cccnc2Cl)C1=O. The number of nitrogens with zero attached hydrogens (tertiary/aromatic N) is 2. The lowest BCUT2D eigenvalue weighted by Gasteiger charge is -2.23. The van der Waals surface area contributed by atoms with Gasteiger partial charge < -0.3 is 10.6 Å².